The zero-order valence-corrected chi connectivity index (χ0v) is 11.1. The number of benzene rings is 1. The third-order valence-electron chi connectivity index (χ3n) is 2.41. The molecule has 1 atom stereocenters. The van der Waals surface area contributed by atoms with Gasteiger partial charge in [-0.05, 0) is 24.6 Å². The van der Waals surface area contributed by atoms with E-state index in [-0.39, 0.29) is 30.5 Å². The van der Waals surface area contributed by atoms with Gasteiger partial charge in [0.25, 0.3) is 0 Å². The summed E-state index contributed by atoms with van der Waals surface area (Å²) in [5.74, 6) is -5.64. The molecule has 0 aliphatic rings. The summed E-state index contributed by atoms with van der Waals surface area (Å²) in [6.45, 7) is 1.68. The molecule has 0 aliphatic carbocycles. The Bertz CT molecular complexity index is 453. The van der Waals surface area contributed by atoms with Crippen LogP contribution in [0.25, 0.3) is 0 Å². The molecule has 116 valence electrons. The van der Waals surface area contributed by atoms with Crippen LogP contribution in [0.3, 0.4) is 0 Å². The molecule has 1 rings (SSSR count). The van der Waals surface area contributed by atoms with Crippen molar-refractivity contribution in [3.63, 3.8) is 0 Å². The minimum Gasteiger partial charge on any atom is -0.504 e. The number of hydrogen-bond acceptors (Lipinski definition) is 3. The van der Waals surface area contributed by atoms with Gasteiger partial charge in [0, 0.05) is 0 Å². The molecule has 3 N–H and O–H groups in total. The van der Waals surface area contributed by atoms with Crippen molar-refractivity contribution in [1.29, 1.82) is 0 Å². The van der Waals surface area contributed by atoms with Gasteiger partial charge in [-0.25, -0.2) is 0 Å². The second-order valence-electron chi connectivity index (χ2n) is 3.76. The second kappa shape index (κ2) is 6.45. The molecule has 0 bridgehead atoms. The molecule has 0 aromatic heterocycles. The van der Waals surface area contributed by atoms with E-state index in [2.05, 4.69) is 0 Å². The zero-order valence-electron chi connectivity index (χ0n) is 10.2. The Morgan fingerprint density at radius 1 is 1.25 bits per heavy atom. The van der Waals surface area contributed by atoms with Gasteiger partial charge in [0.15, 0.2) is 11.5 Å². The molecule has 0 aliphatic heterocycles. The van der Waals surface area contributed by atoms with Gasteiger partial charge in [-0.1, -0.05) is 6.07 Å². The number of halogens is 6. The Morgan fingerprint density at radius 3 is 2.25 bits per heavy atom. The standard InChI is InChI=1S/C11H12F5NO2.ClH/c1-2-19-8-5-6(3-4-7(8)18)9(17)10(12,13)11(14,15)16;/h3-5,9,18H,2,17H2,1H3;1H/t9-;/m0./s1. The summed E-state index contributed by atoms with van der Waals surface area (Å²) in [5, 5.41) is 9.33. The van der Waals surface area contributed by atoms with E-state index in [4.69, 9.17) is 10.5 Å². The molecule has 1 aromatic rings. The number of rotatable bonds is 4. The van der Waals surface area contributed by atoms with Crippen LogP contribution >= 0.6 is 12.4 Å². The third kappa shape index (κ3) is 3.63. The van der Waals surface area contributed by atoms with Crippen molar-refractivity contribution < 1.29 is 31.8 Å². The van der Waals surface area contributed by atoms with Crippen molar-refractivity contribution in [2.75, 3.05) is 6.61 Å². The summed E-state index contributed by atoms with van der Waals surface area (Å²) in [6.07, 6.45) is -5.75. The first-order chi connectivity index (χ1) is 8.61. The molecule has 0 fully saturated rings. The van der Waals surface area contributed by atoms with Crippen LogP contribution in [-0.4, -0.2) is 23.8 Å². The number of phenols is 1. The van der Waals surface area contributed by atoms with Crippen LogP contribution in [0.1, 0.15) is 18.5 Å². The van der Waals surface area contributed by atoms with Crippen LogP contribution in [-0.2, 0) is 0 Å². The van der Waals surface area contributed by atoms with Crippen molar-refractivity contribution in [1.82, 2.24) is 0 Å². The maximum absolute atomic E-state index is 13.1. The van der Waals surface area contributed by atoms with Gasteiger partial charge < -0.3 is 15.6 Å². The second-order valence-corrected chi connectivity index (χ2v) is 3.76. The normalized spacial score (nSPS) is 13.6. The number of hydrogen-bond donors (Lipinski definition) is 2. The molecule has 0 heterocycles. The summed E-state index contributed by atoms with van der Waals surface area (Å²) in [4.78, 5) is 0. The van der Waals surface area contributed by atoms with Crippen molar-refractivity contribution in [2.45, 2.75) is 25.1 Å². The molecule has 0 saturated carbocycles. The van der Waals surface area contributed by atoms with E-state index in [0.29, 0.717) is 0 Å². The fourth-order valence-corrected chi connectivity index (χ4v) is 1.38. The van der Waals surface area contributed by atoms with Crippen LogP contribution in [0.15, 0.2) is 18.2 Å². The van der Waals surface area contributed by atoms with Gasteiger partial charge in [-0.2, -0.15) is 22.0 Å². The zero-order chi connectivity index (χ0) is 14.8. The van der Waals surface area contributed by atoms with Gasteiger partial charge in [0.2, 0.25) is 0 Å². The van der Waals surface area contributed by atoms with Crippen LogP contribution < -0.4 is 10.5 Å². The highest BCUT2D eigenvalue weighted by molar-refractivity contribution is 5.85. The quantitative estimate of drug-likeness (QED) is 0.836. The highest BCUT2D eigenvalue weighted by Gasteiger charge is 2.61. The summed E-state index contributed by atoms with van der Waals surface area (Å²) >= 11 is 0. The van der Waals surface area contributed by atoms with Crippen molar-refractivity contribution in [3.8, 4) is 11.5 Å². The van der Waals surface area contributed by atoms with Crippen molar-refractivity contribution in [2.24, 2.45) is 5.73 Å². The number of phenolic OH excluding ortho intramolecular Hbond substituents is 1. The SMILES string of the molecule is CCOc1cc([C@H](N)C(F)(F)C(F)(F)F)ccc1O.Cl. The number of aromatic hydroxyl groups is 1. The number of alkyl halides is 5. The maximum Gasteiger partial charge on any atom is 0.455 e. The molecule has 0 radical (unpaired) electrons. The Hall–Kier alpha value is -1.28. The molecule has 1 aromatic carbocycles. The Kier molecular flexibility index (Phi) is 6.03. The Labute approximate surface area is 117 Å². The van der Waals surface area contributed by atoms with Crippen LogP contribution in [0, 0.1) is 0 Å². The fraction of sp³-hybridized carbons (Fsp3) is 0.455. The molecule has 9 heteroatoms. The van der Waals surface area contributed by atoms with Crippen LogP contribution in [0.5, 0.6) is 11.5 Å². The first kappa shape index (κ1) is 18.7. The van der Waals surface area contributed by atoms with E-state index < -0.39 is 23.7 Å². The van der Waals surface area contributed by atoms with E-state index in [1.165, 1.54) is 0 Å². The van der Waals surface area contributed by atoms with Gasteiger partial charge in [0.1, 0.15) is 6.04 Å². The van der Waals surface area contributed by atoms with E-state index in [0.717, 1.165) is 18.2 Å². The lowest BCUT2D eigenvalue weighted by atomic mass is 10.0. The molecule has 0 unspecified atom stereocenters. The van der Waals surface area contributed by atoms with Gasteiger partial charge >= 0.3 is 12.1 Å². The topological polar surface area (TPSA) is 55.5 Å². The largest absolute Gasteiger partial charge is 0.504 e. The van der Waals surface area contributed by atoms with E-state index in [9.17, 15) is 27.1 Å². The average Bonchev–Trinajstić information content (AvgIpc) is 2.30. The molecule has 0 saturated heterocycles. The lowest BCUT2D eigenvalue weighted by Gasteiger charge is -2.26. The van der Waals surface area contributed by atoms with Crippen LogP contribution in [0.2, 0.25) is 0 Å². The molecular formula is C11H13ClF5NO2. The first-order valence-corrected chi connectivity index (χ1v) is 5.27. The van der Waals surface area contributed by atoms with Crippen molar-refractivity contribution >= 4 is 12.4 Å². The summed E-state index contributed by atoms with van der Waals surface area (Å²) in [5.41, 5.74) is 4.48. The lowest BCUT2D eigenvalue weighted by Crippen LogP contribution is -2.45. The third-order valence-corrected chi connectivity index (χ3v) is 2.41. The molecule has 3 nitrogen and oxygen atoms in total. The lowest BCUT2D eigenvalue weighted by molar-refractivity contribution is -0.291. The molecular weight excluding hydrogens is 309 g/mol. The van der Waals surface area contributed by atoms with Crippen molar-refractivity contribution in [3.05, 3.63) is 23.8 Å². The number of ether oxygens (including phenoxy) is 1. The smallest absolute Gasteiger partial charge is 0.455 e. The maximum atomic E-state index is 13.1. The minimum absolute atomic E-state index is 0. The molecule has 20 heavy (non-hydrogen) atoms. The van der Waals surface area contributed by atoms with Gasteiger partial charge in [-0.15, -0.1) is 12.4 Å². The van der Waals surface area contributed by atoms with E-state index in [1.807, 2.05) is 0 Å². The Morgan fingerprint density at radius 2 is 1.80 bits per heavy atom. The molecule has 0 amide bonds. The molecule has 0 spiro atoms. The predicted molar refractivity (Wildman–Crippen MR) is 64.5 cm³/mol. The van der Waals surface area contributed by atoms with Gasteiger partial charge in [-0.3, -0.25) is 0 Å². The predicted octanol–water partition coefficient (Wildman–Crippen LogP) is 3.41. The fourth-order valence-electron chi connectivity index (χ4n) is 1.38. The summed E-state index contributed by atoms with van der Waals surface area (Å²) in [7, 11) is 0. The monoisotopic (exact) mass is 321 g/mol. The highest BCUT2D eigenvalue weighted by Crippen LogP contribution is 2.44. The van der Waals surface area contributed by atoms with Gasteiger partial charge in [0.05, 0.1) is 6.61 Å². The average molecular weight is 322 g/mol. The minimum atomic E-state index is -5.75. The highest BCUT2D eigenvalue weighted by atomic mass is 35.5. The first-order valence-electron chi connectivity index (χ1n) is 5.27. The van der Waals surface area contributed by atoms with E-state index >= 15 is 0 Å². The summed E-state index contributed by atoms with van der Waals surface area (Å²) < 4.78 is 67.6. The Balaban J connectivity index is 0.00000361. The number of nitrogens with two attached hydrogens (primary N) is 1. The van der Waals surface area contributed by atoms with E-state index in [1.54, 1.807) is 6.92 Å². The van der Waals surface area contributed by atoms with Crippen LogP contribution in [0.4, 0.5) is 22.0 Å². The summed E-state index contributed by atoms with van der Waals surface area (Å²) in [6, 6.07) is 0.130.